The first-order valence-electron chi connectivity index (χ1n) is 12.4. The maximum atomic E-state index is 9.49. The molecule has 4 aliphatic rings. The minimum absolute atomic E-state index is 0.0719. The Morgan fingerprint density at radius 3 is 2.08 bits per heavy atom. The van der Waals surface area contributed by atoms with Crippen LogP contribution in [0.4, 0.5) is 5.00 Å². The zero-order chi connectivity index (χ0) is 24.9. The fraction of sp³-hybridized carbons (Fsp3) is 0.429. The van der Waals surface area contributed by atoms with E-state index < -0.39 is 0 Å². The Morgan fingerprint density at radius 2 is 1.47 bits per heavy atom. The lowest BCUT2D eigenvalue weighted by molar-refractivity contribution is 0.322. The molecule has 6 nitrogen and oxygen atoms in total. The van der Waals surface area contributed by atoms with E-state index in [0.29, 0.717) is 5.00 Å². The second-order valence-electron chi connectivity index (χ2n) is 10.0. The van der Waals surface area contributed by atoms with Gasteiger partial charge in [-0.3, -0.25) is 0 Å². The minimum Gasteiger partial charge on any atom is -0.351 e. The Labute approximate surface area is 218 Å². The van der Waals surface area contributed by atoms with E-state index in [1.165, 1.54) is 56.7 Å². The van der Waals surface area contributed by atoms with Gasteiger partial charge in [0.05, 0.1) is 14.8 Å². The average molecular weight is 507 g/mol. The summed E-state index contributed by atoms with van der Waals surface area (Å²) in [6.45, 7) is 14.6. The highest BCUT2D eigenvalue weighted by Gasteiger charge is 2.58. The molecule has 36 heavy (non-hydrogen) atoms. The third-order valence-electron chi connectivity index (χ3n) is 8.36. The van der Waals surface area contributed by atoms with Gasteiger partial charge in [0.25, 0.3) is 0 Å². The van der Waals surface area contributed by atoms with Crippen LogP contribution in [0.1, 0.15) is 74.6 Å². The summed E-state index contributed by atoms with van der Waals surface area (Å²) in [5.74, 6) is -0.207. The second kappa shape index (κ2) is 8.53. The fourth-order valence-corrected chi connectivity index (χ4v) is 9.83. The standard InChI is InChI=1S/C28H22N6S2/c1-31-20(15-29)33-19-13-17-23(28(19)11-7-4-8-12-28)26-24(27(17)9-5-3-6-10-27)25-18(35-26)14-22(36-25)34-21(16-30)32-2/h13-14H,3-12H2/b33-20?,34-21-. The van der Waals surface area contributed by atoms with Crippen molar-refractivity contribution in [3.8, 4) is 12.1 Å². The molecule has 0 aromatic carbocycles. The zero-order valence-electron chi connectivity index (χ0n) is 19.7. The molecule has 176 valence electrons. The SMILES string of the molecule is [C-]#[N+]C(C#N)=NC1=CC2=C(c3sc4cc(/N=C(/C#N)[N+]#[C-])sc4c3C23CCCCC3)C12CCCCC2. The van der Waals surface area contributed by atoms with Crippen molar-refractivity contribution in [3.63, 3.8) is 0 Å². The molecule has 2 aromatic heterocycles. The molecule has 2 aromatic rings. The summed E-state index contributed by atoms with van der Waals surface area (Å²) in [6.07, 6.45) is 13.5. The van der Waals surface area contributed by atoms with Gasteiger partial charge in [-0.15, -0.1) is 16.3 Å². The van der Waals surface area contributed by atoms with Crippen LogP contribution in [0.25, 0.3) is 24.7 Å². The van der Waals surface area contributed by atoms with E-state index in [1.54, 1.807) is 11.3 Å². The Kier molecular flexibility index (Phi) is 5.42. The predicted octanol–water partition coefficient (Wildman–Crippen LogP) is 8.09. The summed E-state index contributed by atoms with van der Waals surface area (Å²) in [4.78, 5) is 17.0. The molecule has 0 N–H and O–H groups in total. The third kappa shape index (κ3) is 3.09. The van der Waals surface area contributed by atoms with Crippen molar-refractivity contribution in [3.05, 3.63) is 56.7 Å². The topological polar surface area (TPSA) is 81.0 Å². The summed E-state index contributed by atoms with van der Waals surface area (Å²) in [5.41, 5.74) is 4.85. The predicted molar refractivity (Wildman–Crippen MR) is 144 cm³/mol. The lowest BCUT2D eigenvalue weighted by Gasteiger charge is -2.36. The lowest BCUT2D eigenvalue weighted by Crippen LogP contribution is -2.28. The summed E-state index contributed by atoms with van der Waals surface area (Å²) >= 11 is 3.41. The molecule has 6 rings (SSSR count). The maximum absolute atomic E-state index is 9.49. The molecular weight excluding hydrogens is 484 g/mol. The molecule has 8 heteroatoms. The maximum Gasteiger partial charge on any atom is 0.350 e. The number of hydrogen-bond donors (Lipinski definition) is 0. The normalized spacial score (nSPS) is 22.1. The van der Waals surface area contributed by atoms with Gasteiger partial charge in [0.1, 0.15) is 17.8 Å². The number of hydrogen-bond acceptors (Lipinski definition) is 6. The molecule has 0 bridgehead atoms. The molecule has 4 aliphatic carbocycles. The Balaban J connectivity index is 1.59. The largest absolute Gasteiger partial charge is 0.351 e. The van der Waals surface area contributed by atoms with Crippen LogP contribution in [0.15, 0.2) is 33.4 Å². The molecule has 0 unspecified atom stereocenters. The van der Waals surface area contributed by atoms with Gasteiger partial charge in [0, 0.05) is 16.4 Å². The quantitative estimate of drug-likeness (QED) is 0.234. The van der Waals surface area contributed by atoms with Crippen LogP contribution in [0.3, 0.4) is 0 Å². The highest BCUT2D eigenvalue weighted by atomic mass is 32.1. The summed E-state index contributed by atoms with van der Waals surface area (Å²) in [7, 11) is 0. The smallest absolute Gasteiger partial charge is 0.350 e. The first-order valence-corrected chi connectivity index (χ1v) is 14.0. The molecule has 2 spiro atoms. The molecule has 2 fully saturated rings. The van der Waals surface area contributed by atoms with Crippen LogP contribution < -0.4 is 0 Å². The number of allylic oxidation sites excluding steroid dienone is 3. The van der Waals surface area contributed by atoms with Crippen LogP contribution in [-0.4, -0.2) is 11.7 Å². The van der Waals surface area contributed by atoms with Crippen molar-refractivity contribution < 1.29 is 0 Å². The molecule has 0 amide bonds. The van der Waals surface area contributed by atoms with Gasteiger partial charge < -0.3 is 9.69 Å². The lowest BCUT2D eigenvalue weighted by atomic mass is 9.67. The van der Waals surface area contributed by atoms with Crippen molar-refractivity contribution in [2.24, 2.45) is 15.4 Å². The fourth-order valence-electron chi connectivity index (χ4n) is 6.97. The first-order chi connectivity index (χ1) is 17.6. The van der Waals surface area contributed by atoms with E-state index in [9.17, 15) is 10.5 Å². The van der Waals surface area contributed by atoms with Crippen molar-refractivity contribution in [2.45, 2.75) is 69.6 Å². The highest BCUT2D eigenvalue weighted by Crippen LogP contribution is 2.70. The zero-order valence-corrected chi connectivity index (χ0v) is 21.4. The van der Waals surface area contributed by atoms with Crippen molar-refractivity contribution in [2.75, 3.05) is 0 Å². The van der Waals surface area contributed by atoms with E-state index in [4.69, 9.17) is 13.1 Å². The summed E-state index contributed by atoms with van der Waals surface area (Å²) in [5, 5.41) is 19.4. The van der Waals surface area contributed by atoms with E-state index in [1.807, 2.05) is 29.5 Å². The Hall–Kier alpha value is -3.56. The van der Waals surface area contributed by atoms with E-state index >= 15 is 0 Å². The molecular formula is C28H22N6S2. The van der Waals surface area contributed by atoms with Gasteiger partial charge in [-0.25, -0.2) is 10.5 Å². The number of fused-ring (bicyclic) bond motifs is 7. The monoisotopic (exact) mass is 506 g/mol. The second-order valence-corrected chi connectivity index (χ2v) is 12.1. The average Bonchev–Trinajstić information content (AvgIpc) is 3.60. The van der Waals surface area contributed by atoms with Gasteiger partial charge in [-0.2, -0.15) is 0 Å². The third-order valence-corrected chi connectivity index (χ3v) is 10.7. The van der Waals surface area contributed by atoms with E-state index in [0.717, 1.165) is 44.2 Å². The number of nitrogens with zero attached hydrogens (tertiary/aromatic N) is 6. The molecule has 2 heterocycles. The number of nitriles is 2. The number of aliphatic imine (C=N–C) groups is 2. The Morgan fingerprint density at radius 1 is 0.861 bits per heavy atom. The van der Waals surface area contributed by atoms with Crippen LogP contribution in [0, 0.1) is 41.2 Å². The number of rotatable bonds is 2. The van der Waals surface area contributed by atoms with Crippen molar-refractivity contribution in [1.29, 1.82) is 10.5 Å². The molecule has 0 atom stereocenters. The van der Waals surface area contributed by atoms with Gasteiger partial charge in [-0.1, -0.05) is 68.0 Å². The Bertz CT molecular complexity index is 1550. The van der Waals surface area contributed by atoms with E-state index in [-0.39, 0.29) is 22.5 Å². The molecule has 0 aliphatic heterocycles. The van der Waals surface area contributed by atoms with Crippen molar-refractivity contribution in [1.82, 2.24) is 0 Å². The molecule has 0 saturated heterocycles. The number of thiophene rings is 2. The van der Waals surface area contributed by atoms with Gasteiger partial charge in [0.2, 0.25) is 5.00 Å². The van der Waals surface area contributed by atoms with Gasteiger partial charge in [0.15, 0.2) is 0 Å². The van der Waals surface area contributed by atoms with Gasteiger partial charge in [-0.05, 0) is 48.5 Å². The van der Waals surface area contributed by atoms with Crippen LogP contribution in [0.2, 0.25) is 0 Å². The first kappa shape index (κ1) is 22.9. The van der Waals surface area contributed by atoms with Crippen LogP contribution in [0.5, 0.6) is 0 Å². The number of amidine groups is 2. The summed E-state index contributed by atoms with van der Waals surface area (Å²) < 4.78 is 2.42. The summed E-state index contributed by atoms with van der Waals surface area (Å²) in [6, 6.07) is 5.90. The van der Waals surface area contributed by atoms with Crippen LogP contribution >= 0.6 is 22.7 Å². The van der Waals surface area contributed by atoms with Gasteiger partial charge >= 0.3 is 11.7 Å². The molecule has 0 radical (unpaired) electrons. The van der Waals surface area contributed by atoms with Crippen LogP contribution in [-0.2, 0) is 5.41 Å². The van der Waals surface area contributed by atoms with E-state index in [2.05, 4.69) is 25.8 Å². The van der Waals surface area contributed by atoms with Crippen molar-refractivity contribution >= 4 is 54.3 Å². The minimum atomic E-state index is -0.220. The molecule has 2 saturated carbocycles. The highest BCUT2D eigenvalue weighted by molar-refractivity contribution is 7.30.